The third kappa shape index (κ3) is 3.30. The average Bonchev–Trinajstić information content (AvgIpc) is 2.53. The summed E-state index contributed by atoms with van der Waals surface area (Å²) in [6.07, 6.45) is 2.59. The molecule has 0 spiro atoms. The van der Waals surface area contributed by atoms with Gasteiger partial charge in [-0.2, -0.15) is 0 Å². The van der Waals surface area contributed by atoms with E-state index in [9.17, 15) is 4.39 Å². The maximum Gasteiger partial charge on any atom is 0.110 e. The molecular weight excluding hydrogens is 239 g/mol. The number of hydrogen-bond acceptors (Lipinski definition) is 2. The lowest BCUT2D eigenvalue weighted by molar-refractivity contribution is 0.0452. The highest BCUT2D eigenvalue weighted by molar-refractivity contribution is 5.02. The molecule has 0 aromatic rings. The standard InChI is InChI=1S/C16H31FN2/c1-14(2,3)19-12-13(11-15(19,4)5)18-9-7-16(6,17)8-10-18/h13H,7-12H2,1-6H3. The molecule has 0 aliphatic carbocycles. The number of rotatable bonds is 1. The van der Waals surface area contributed by atoms with Crippen LogP contribution in [0.2, 0.25) is 0 Å². The summed E-state index contributed by atoms with van der Waals surface area (Å²) in [4.78, 5) is 5.14. The summed E-state index contributed by atoms with van der Waals surface area (Å²) in [6, 6.07) is 0.602. The first kappa shape index (κ1) is 15.2. The van der Waals surface area contributed by atoms with Gasteiger partial charge in [0.15, 0.2) is 0 Å². The van der Waals surface area contributed by atoms with Gasteiger partial charge in [-0.05, 0) is 60.8 Å². The third-order valence-corrected chi connectivity index (χ3v) is 5.03. The molecule has 0 radical (unpaired) electrons. The van der Waals surface area contributed by atoms with E-state index in [1.807, 2.05) is 0 Å². The maximum absolute atomic E-state index is 13.9. The van der Waals surface area contributed by atoms with Gasteiger partial charge in [0.1, 0.15) is 5.67 Å². The number of hydrogen-bond donors (Lipinski definition) is 0. The van der Waals surface area contributed by atoms with Crippen molar-refractivity contribution >= 4 is 0 Å². The second-order valence-corrected chi connectivity index (χ2v) is 8.40. The summed E-state index contributed by atoms with van der Waals surface area (Å²) in [5.41, 5.74) is -0.476. The summed E-state index contributed by atoms with van der Waals surface area (Å²) in [5.74, 6) is 0. The summed E-state index contributed by atoms with van der Waals surface area (Å²) >= 11 is 0. The quantitative estimate of drug-likeness (QED) is 0.720. The average molecular weight is 270 g/mol. The van der Waals surface area contributed by atoms with Crippen molar-refractivity contribution in [3.05, 3.63) is 0 Å². The Morgan fingerprint density at radius 2 is 1.58 bits per heavy atom. The van der Waals surface area contributed by atoms with Crippen LogP contribution >= 0.6 is 0 Å². The molecule has 2 heterocycles. The minimum absolute atomic E-state index is 0.211. The molecule has 3 heteroatoms. The van der Waals surface area contributed by atoms with Crippen molar-refractivity contribution in [3.8, 4) is 0 Å². The van der Waals surface area contributed by atoms with E-state index < -0.39 is 5.67 Å². The highest BCUT2D eigenvalue weighted by Gasteiger charge is 2.46. The fraction of sp³-hybridized carbons (Fsp3) is 1.00. The highest BCUT2D eigenvalue weighted by Crippen LogP contribution is 2.38. The first-order valence-corrected chi connectivity index (χ1v) is 7.72. The number of nitrogens with zero attached hydrogens (tertiary/aromatic N) is 2. The second-order valence-electron chi connectivity index (χ2n) is 8.40. The van der Waals surface area contributed by atoms with E-state index in [2.05, 4.69) is 44.4 Å². The molecule has 0 aromatic carbocycles. The third-order valence-electron chi connectivity index (χ3n) is 5.03. The normalized spacial score (nSPS) is 32.7. The summed E-state index contributed by atoms with van der Waals surface area (Å²) < 4.78 is 13.9. The molecule has 1 atom stereocenters. The Labute approximate surface area is 118 Å². The van der Waals surface area contributed by atoms with Crippen LogP contribution in [-0.2, 0) is 0 Å². The Kier molecular flexibility index (Phi) is 3.77. The van der Waals surface area contributed by atoms with Crippen molar-refractivity contribution in [1.29, 1.82) is 0 Å². The van der Waals surface area contributed by atoms with Crippen molar-refractivity contribution in [3.63, 3.8) is 0 Å². The van der Waals surface area contributed by atoms with E-state index in [1.54, 1.807) is 6.92 Å². The van der Waals surface area contributed by atoms with Crippen molar-refractivity contribution in [2.45, 2.75) is 83.6 Å². The number of alkyl halides is 1. The Morgan fingerprint density at radius 1 is 1.05 bits per heavy atom. The van der Waals surface area contributed by atoms with Crippen molar-refractivity contribution in [1.82, 2.24) is 9.80 Å². The second kappa shape index (κ2) is 4.70. The first-order valence-electron chi connectivity index (χ1n) is 7.72. The predicted molar refractivity (Wildman–Crippen MR) is 79.3 cm³/mol. The monoisotopic (exact) mass is 270 g/mol. The minimum atomic E-state index is -0.936. The highest BCUT2D eigenvalue weighted by atomic mass is 19.1. The molecule has 0 bridgehead atoms. The van der Waals surface area contributed by atoms with E-state index in [-0.39, 0.29) is 11.1 Å². The number of likely N-dealkylation sites (tertiary alicyclic amines) is 2. The molecule has 2 saturated heterocycles. The molecule has 0 aromatic heterocycles. The van der Waals surface area contributed by atoms with Gasteiger partial charge >= 0.3 is 0 Å². The van der Waals surface area contributed by atoms with Gasteiger partial charge in [0.25, 0.3) is 0 Å². The van der Waals surface area contributed by atoms with Crippen LogP contribution in [0.1, 0.15) is 60.8 Å². The van der Waals surface area contributed by atoms with Crippen LogP contribution < -0.4 is 0 Å². The molecule has 2 rings (SSSR count). The molecule has 2 fully saturated rings. The Hall–Kier alpha value is -0.150. The Morgan fingerprint density at radius 3 is 2.00 bits per heavy atom. The van der Waals surface area contributed by atoms with Gasteiger partial charge < -0.3 is 0 Å². The van der Waals surface area contributed by atoms with E-state index in [0.717, 1.165) is 19.6 Å². The van der Waals surface area contributed by atoms with Crippen LogP contribution in [0, 0.1) is 0 Å². The van der Waals surface area contributed by atoms with Gasteiger partial charge in [0.05, 0.1) is 0 Å². The Bertz CT molecular complexity index is 320. The van der Waals surface area contributed by atoms with Gasteiger partial charge in [0, 0.05) is 36.8 Å². The number of piperidine rings is 1. The van der Waals surface area contributed by atoms with Gasteiger partial charge in [-0.15, -0.1) is 0 Å². The lowest BCUT2D eigenvalue weighted by Crippen LogP contribution is -2.51. The van der Waals surface area contributed by atoms with Crippen molar-refractivity contribution in [2.75, 3.05) is 19.6 Å². The van der Waals surface area contributed by atoms with Gasteiger partial charge in [0.2, 0.25) is 0 Å². The van der Waals surface area contributed by atoms with Gasteiger partial charge in [-0.3, -0.25) is 9.80 Å². The summed E-state index contributed by atoms with van der Waals surface area (Å²) in [6.45, 7) is 16.3. The van der Waals surface area contributed by atoms with Crippen LogP contribution in [0.3, 0.4) is 0 Å². The van der Waals surface area contributed by atoms with Crippen LogP contribution in [0.25, 0.3) is 0 Å². The van der Waals surface area contributed by atoms with Gasteiger partial charge in [-0.25, -0.2) is 4.39 Å². The summed E-state index contributed by atoms with van der Waals surface area (Å²) in [7, 11) is 0. The first-order chi connectivity index (χ1) is 8.51. The molecule has 2 aliphatic rings. The minimum Gasteiger partial charge on any atom is -0.299 e. The molecule has 0 saturated carbocycles. The van der Waals surface area contributed by atoms with Crippen LogP contribution in [0.15, 0.2) is 0 Å². The maximum atomic E-state index is 13.9. The van der Waals surface area contributed by atoms with Crippen LogP contribution in [0.5, 0.6) is 0 Å². The van der Waals surface area contributed by atoms with Crippen LogP contribution in [0.4, 0.5) is 4.39 Å². The fourth-order valence-corrected chi connectivity index (χ4v) is 3.99. The van der Waals surface area contributed by atoms with E-state index in [4.69, 9.17) is 0 Å². The number of halogens is 1. The van der Waals surface area contributed by atoms with Gasteiger partial charge in [-0.1, -0.05) is 0 Å². The molecule has 1 unspecified atom stereocenters. The molecule has 112 valence electrons. The lowest BCUT2D eigenvalue weighted by Gasteiger charge is -2.42. The summed E-state index contributed by atoms with van der Waals surface area (Å²) in [5, 5.41) is 0. The van der Waals surface area contributed by atoms with E-state index in [1.165, 1.54) is 6.42 Å². The molecule has 2 nitrogen and oxygen atoms in total. The SMILES string of the molecule is CC1(F)CCN(C2CN(C(C)(C)C)C(C)(C)C2)CC1. The lowest BCUT2D eigenvalue weighted by atomic mass is 9.92. The zero-order chi connectivity index (χ0) is 14.5. The predicted octanol–water partition coefficient (Wildman–Crippen LogP) is 3.46. The molecular formula is C16H31FN2. The smallest absolute Gasteiger partial charge is 0.110 e. The van der Waals surface area contributed by atoms with Crippen molar-refractivity contribution in [2.24, 2.45) is 0 Å². The largest absolute Gasteiger partial charge is 0.299 e. The molecule has 19 heavy (non-hydrogen) atoms. The van der Waals surface area contributed by atoms with E-state index in [0.29, 0.717) is 18.9 Å². The molecule has 2 aliphatic heterocycles. The van der Waals surface area contributed by atoms with E-state index >= 15 is 0 Å². The molecule has 0 N–H and O–H groups in total. The topological polar surface area (TPSA) is 6.48 Å². The zero-order valence-electron chi connectivity index (χ0n) is 13.6. The molecule has 0 amide bonds. The van der Waals surface area contributed by atoms with Crippen molar-refractivity contribution < 1.29 is 4.39 Å². The fourth-order valence-electron chi connectivity index (χ4n) is 3.99. The zero-order valence-corrected chi connectivity index (χ0v) is 13.6. The van der Waals surface area contributed by atoms with Crippen LogP contribution in [-0.4, -0.2) is 52.2 Å². The Balaban J connectivity index is 2.01.